The molecule has 25 heavy (non-hydrogen) atoms. The van der Waals surface area contributed by atoms with Crippen molar-refractivity contribution < 1.29 is 33.6 Å². The van der Waals surface area contributed by atoms with Crippen LogP contribution >= 0.6 is 0 Å². The first-order valence-corrected chi connectivity index (χ1v) is 7.83. The van der Waals surface area contributed by atoms with Crippen molar-refractivity contribution in [1.29, 1.82) is 0 Å². The van der Waals surface area contributed by atoms with Crippen molar-refractivity contribution in [3.05, 3.63) is 17.7 Å². The average molecular weight is 355 g/mol. The van der Waals surface area contributed by atoms with Crippen LogP contribution in [0.15, 0.2) is 12.1 Å². The Morgan fingerprint density at radius 1 is 1.12 bits per heavy atom. The van der Waals surface area contributed by atoms with Gasteiger partial charge < -0.3 is 29.8 Å². The van der Waals surface area contributed by atoms with Crippen molar-refractivity contribution in [2.75, 3.05) is 27.9 Å². The number of carboxylic acid groups (broad SMARTS) is 1. The molecule has 1 aromatic carbocycles. The number of carbonyl (C=O) groups excluding carboxylic acids is 1. The van der Waals surface area contributed by atoms with Gasteiger partial charge in [0.25, 0.3) is 0 Å². The molecule has 1 rings (SSSR count). The van der Waals surface area contributed by atoms with Crippen molar-refractivity contribution in [3.8, 4) is 17.2 Å². The smallest absolute Gasteiger partial charge is 0.338 e. The largest absolute Gasteiger partial charge is 0.493 e. The number of rotatable bonds is 10. The minimum absolute atomic E-state index is 0.116. The van der Waals surface area contributed by atoms with Gasteiger partial charge >= 0.3 is 11.9 Å². The molecule has 8 heteroatoms. The second-order valence-corrected chi connectivity index (χ2v) is 5.44. The fraction of sp³-hybridized carbons (Fsp3) is 0.529. The monoisotopic (exact) mass is 355 g/mol. The minimum Gasteiger partial charge on any atom is -0.493 e. The number of unbranched alkanes of at least 4 members (excludes halogenated alkanes) is 1. The molecule has 0 aliphatic carbocycles. The van der Waals surface area contributed by atoms with E-state index in [1.807, 2.05) is 6.92 Å². The molecule has 0 radical (unpaired) electrons. The van der Waals surface area contributed by atoms with E-state index in [-0.39, 0.29) is 24.5 Å². The highest BCUT2D eigenvalue weighted by Gasteiger charge is 2.45. The highest BCUT2D eigenvalue weighted by Crippen LogP contribution is 2.40. The standard InChI is InChI=1S/C17H25NO7/c1-5-6-9-25-16(21)17(18,15(19)20)10-11-7-8-12(22-2)14(24-4)13(11)23-3/h7-8H,5-6,9-10,18H2,1-4H3,(H,19,20). The summed E-state index contributed by atoms with van der Waals surface area (Å²) in [6, 6.07) is 3.16. The molecular weight excluding hydrogens is 330 g/mol. The van der Waals surface area contributed by atoms with E-state index in [2.05, 4.69) is 0 Å². The van der Waals surface area contributed by atoms with E-state index >= 15 is 0 Å². The first-order chi connectivity index (χ1) is 11.8. The number of carboxylic acids is 1. The molecular formula is C17H25NO7. The first kappa shape index (κ1) is 20.6. The van der Waals surface area contributed by atoms with Gasteiger partial charge in [-0.05, 0) is 12.5 Å². The molecule has 0 aliphatic rings. The zero-order chi connectivity index (χ0) is 19.0. The maximum Gasteiger partial charge on any atom is 0.338 e. The third-order valence-corrected chi connectivity index (χ3v) is 3.73. The summed E-state index contributed by atoms with van der Waals surface area (Å²) in [5, 5.41) is 9.49. The van der Waals surface area contributed by atoms with Crippen LogP contribution in [0.3, 0.4) is 0 Å². The van der Waals surface area contributed by atoms with Gasteiger partial charge in [0.2, 0.25) is 11.3 Å². The Balaban J connectivity index is 3.22. The van der Waals surface area contributed by atoms with E-state index in [0.717, 1.165) is 6.42 Å². The maximum atomic E-state index is 12.2. The van der Waals surface area contributed by atoms with Gasteiger partial charge in [0.15, 0.2) is 11.5 Å². The maximum absolute atomic E-state index is 12.2. The summed E-state index contributed by atoms with van der Waals surface area (Å²) >= 11 is 0. The SMILES string of the molecule is CCCCOC(=O)C(N)(Cc1ccc(OC)c(OC)c1OC)C(=O)O. The van der Waals surface area contributed by atoms with Gasteiger partial charge in [0.1, 0.15) is 0 Å². The molecule has 1 aromatic rings. The lowest BCUT2D eigenvalue weighted by Gasteiger charge is -2.24. The molecule has 0 saturated carbocycles. The molecule has 8 nitrogen and oxygen atoms in total. The van der Waals surface area contributed by atoms with Gasteiger partial charge in [-0.25, -0.2) is 9.59 Å². The molecule has 0 heterocycles. The lowest BCUT2D eigenvalue weighted by atomic mass is 9.91. The normalized spacial score (nSPS) is 12.8. The van der Waals surface area contributed by atoms with Crippen molar-refractivity contribution >= 4 is 11.9 Å². The van der Waals surface area contributed by atoms with E-state index in [0.29, 0.717) is 17.7 Å². The average Bonchev–Trinajstić information content (AvgIpc) is 2.60. The van der Waals surface area contributed by atoms with Crippen LogP contribution in [-0.2, 0) is 20.7 Å². The van der Waals surface area contributed by atoms with Gasteiger partial charge in [0, 0.05) is 12.0 Å². The minimum atomic E-state index is -2.24. The number of benzene rings is 1. The van der Waals surface area contributed by atoms with Gasteiger partial charge in [-0.3, -0.25) is 0 Å². The summed E-state index contributed by atoms with van der Waals surface area (Å²) in [6.45, 7) is 2.04. The van der Waals surface area contributed by atoms with E-state index in [1.165, 1.54) is 21.3 Å². The van der Waals surface area contributed by atoms with Gasteiger partial charge in [-0.15, -0.1) is 0 Å². The Labute approximate surface area is 146 Å². The Bertz CT molecular complexity index is 617. The summed E-state index contributed by atoms with van der Waals surface area (Å²) in [4.78, 5) is 23.9. The summed E-state index contributed by atoms with van der Waals surface area (Å²) in [5.41, 5.74) is 4.03. The lowest BCUT2D eigenvalue weighted by molar-refractivity contribution is -0.161. The first-order valence-electron chi connectivity index (χ1n) is 7.83. The summed E-state index contributed by atoms with van der Waals surface area (Å²) < 4.78 is 20.8. The molecule has 1 unspecified atom stereocenters. The molecule has 0 amide bonds. The van der Waals surface area contributed by atoms with E-state index in [1.54, 1.807) is 12.1 Å². The lowest BCUT2D eigenvalue weighted by Crippen LogP contribution is -2.57. The Hall–Kier alpha value is -2.48. The van der Waals surface area contributed by atoms with Crippen LogP contribution in [-0.4, -0.2) is 50.5 Å². The summed E-state index contributed by atoms with van der Waals surface area (Å²) in [5.74, 6) is -1.53. The van der Waals surface area contributed by atoms with Crippen molar-refractivity contribution in [3.63, 3.8) is 0 Å². The fourth-order valence-electron chi connectivity index (χ4n) is 2.28. The highest BCUT2D eigenvalue weighted by atomic mass is 16.5. The molecule has 0 fully saturated rings. The third kappa shape index (κ3) is 4.54. The Morgan fingerprint density at radius 2 is 1.76 bits per heavy atom. The van der Waals surface area contributed by atoms with Gasteiger partial charge in [-0.2, -0.15) is 0 Å². The van der Waals surface area contributed by atoms with Crippen molar-refractivity contribution in [2.45, 2.75) is 31.7 Å². The number of hydrogen-bond donors (Lipinski definition) is 2. The van der Waals surface area contributed by atoms with E-state index in [9.17, 15) is 14.7 Å². The quantitative estimate of drug-likeness (QED) is 0.367. The zero-order valence-corrected chi connectivity index (χ0v) is 15.0. The second kappa shape index (κ2) is 9.12. The molecule has 3 N–H and O–H groups in total. The highest BCUT2D eigenvalue weighted by molar-refractivity contribution is 6.04. The third-order valence-electron chi connectivity index (χ3n) is 3.73. The predicted octanol–water partition coefficient (Wildman–Crippen LogP) is 1.38. The fourth-order valence-corrected chi connectivity index (χ4v) is 2.28. The predicted molar refractivity (Wildman–Crippen MR) is 90.2 cm³/mol. The number of ether oxygens (including phenoxy) is 4. The zero-order valence-electron chi connectivity index (χ0n) is 15.0. The van der Waals surface area contributed by atoms with Gasteiger partial charge in [0.05, 0.1) is 27.9 Å². The van der Waals surface area contributed by atoms with Crippen LogP contribution in [0.2, 0.25) is 0 Å². The second-order valence-electron chi connectivity index (χ2n) is 5.44. The van der Waals surface area contributed by atoms with Crippen LogP contribution in [0, 0.1) is 0 Å². The van der Waals surface area contributed by atoms with E-state index < -0.39 is 17.5 Å². The van der Waals surface area contributed by atoms with Crippen LogP contribution in [0.4, 0.5) is 0 Å². The van der Waals surface area contributed by atoms with Gasteiger partial charge in [-0.1, -0.05) is 19.4 Å². The number of esters is 1. The molecule has 0 aromatic heterocycles. The van der Waals surface area contributed by atoms with Crippen LogP contribution in [0.1, 0.15) is 25.3 Å². The van der Waals surface area contributed by atoms with Crippen LogP contribution < -0.4 is 19.9 Å². The Morgan fingerprint density at radius 3 is 2.24 bits per heavy atom. The summed E-state index contributed by atoms with van der Waals surface area (Å²) in [6.07, 6.45) is 1.11. The summed E-state index contributed by atoms with van der Waals surface area (Å²) in [7, 11) is 4.29. The molecule has 0 saturated heterocycles. The van der Waals surface area contributed by atoms with E-state index in [4.69, 9.17) is 24.7 Å². The molecule has 0 spiro atoms. The van der Waals surface area contributed by atoms with Crippen molar-refractivity contribution in [1.82, 2.24) is 0 Å². The number of hydrogen-bond acceptors (Lipinski definition) is 7. The number of aliphatic carboxylic acids is 1. The topological polar surface area (TPSA) is 117 Å². The number of methoxy groups -OCH3 is 3. The van der Waals surface area contributed by atoms with Crippen molar-refractivity contribution in [2.24, 2.45) is 5.73 Å². The molecule has 0 aliphatic heterocycles. The molecule has 140 valence electrons. The Kier molecular flexibility index (Phi) is 7.50. The molecule has 1 atom stereocenters. The molecule has 0 bridgehead atoms. The van der Waals surface area contributed by atoms with Crippen LogP contribution in [0.5, 0.6) is 17.2 Å². The van der Waals surface area contributed by atoms with Crippen LogP contribution in [0.25, 0.3) is 0 Å². The number of nitrogens with two attached hydrogens (primary N) is 1. The number of carbonyl (C=O) groups is 2.